The molecule has 5 nitrogen and oxygen atoms in total. The van der Waals surface area contributed by atoms with Gasteiger partial charge in [-0.15, -0.1) is 0 Å². The van der Waals surface area contributed by atoms with Gasteiger partial charge in [-0.2, -0.15) is 0 Å². The Morgan fingerprint density at radius 2 is 2.05 bits per heavy atom. The van der Waals surface area contributed by atoms with Gasteiger partial charge in [0.05, 0.1) is 11.7 Å². The van der Waals surface area contributed by atoms with Gasteiger partial charge in [0.1, 0.15) is 10.1 Å². The van der Waals surface area contributed by atoms with Crippen LogP contribution in [0.1, 0.15) is 13.3 Å². The highest BCUT2D eigenvalue weighted by Crippen LogP contribution is 2.30. The molecule has 0 unspecified atom stereocenters. The van der Waals surface area contributed by atoms with Gasteiger partial charge < -0.3 is 5.32 Å². The van der Waals surface area contributed by atoms with Crippen LogP contribution in [0.25, 0.3) is 10.9 Å². The SMILES string of the molecule is CCCNc1nc(Sc2cnccn2)c2ccccc2n1. The van der Waals surface area contributed by atoms with Crippen LogP contribution in [-0.4, -0.2) is 26.5 Å². The topological polar surface area (TPSA) is 63.6 Å². The molecule has 0 atom stereocenters. The smallest absolute Gasteiger partial charge is 0.224 e. The van der Waals surface area contributed by atoms with E-state index in [9.17, 15) is 0 Å². The summed E-state index contributed by atoms with van der Waals surface area (Å²) >= 11 is 1.50. The first-order valence-corrected chi connectivity index (χ1v) is 7.63. The van der Waals surface area contributed by atoms with Gasteiger partial charge in [0.2, 0.25) is 5.95 Å². The van der Waals surface area contributed by atoms with Crippen LogP contribution in [0, 0.1) is 0 Å². The van der Waals surface area contributed by atoms with Crippen LogP contribution in [0.3, 0.4) is 0 Å². The van der Waals surface area contributed by atoms with Gasteiger partial charge in [0, 0.05) is 24.3 Å². The summed E-state index contributed by atoms with van der Waals surface area (Å²) in [6, 6.07) is 7.99. The van der Waals surface area contributed by atoms with Gasteiger partial charge in [0.15, 0.2) is 0 Å². The number of rotatable bonds is 5. The second-order valence-electron chi connectivity index (χ2n) is 4.44. The third-order valence-corrected chi connectivity index (χ3v) is 3.77. The van der Waals surface area contributed by atoms with Crippen molar-refractivity contribution in [1.82, 2.24) is 19.9 Å². The van der Waals surface area contributed by atoms with Gasteiger partial charge in [-0.3, -0.25) is 4.98 Å². The van der Waals surface area contributed by atoms with Crippen molar-refractivity contribution in [1.29, 1.82) is 0 Å². The Kier molecular flexibility index (Phi) is 4.25. The fraction of sp³-hybridized carbons (Fsp3) is 0.200. The van der Waals surface area contributed by atoms with Gasteiger partial charge in [-0.1, -0.05) is 25.1 Å². The van der Waals surface area contributed by atoms with Gasteiger partial charge >= 0.3 is 0 Å². The maximum atomic E-state index is 4.61. The molecule has 0 aliphatic heterocycles. The number of nitrogens with zero attached hydrogens (tertiary/aromatic N) is 4. The maximum Gasteiger partial charge on any atom is 0.224 e. The van der Waals surface area contributed by atoms with Gasteiger partial charge in [0.25, 0.3) is 0 Å². The quantitative estimate of drug-likeness (QED) is 0.728. The molecule has 0 spiro atoms. The minimum absolute atomic E-state index is 0.655. The molecular weight excluding hydrogens is 282 g/mol. The minimum Gasteiger partial charge on any atom is -0.354 e. The number of nitrogens with one attached hydrogen (secondary N) is 1. The zero-order valence-electron chi connectivity index (χ0n) is 11.7. The van der Waals surface area contributed by atoms with Gasteiger partial charge in [-0.05, 0) is 24.2 Å². The predicted octanol–water partition coefficient (Wildman–Crippen LogP) is 3.39. The summed E-state index contributed by atoms with van der Waals surface area (Å²) in [6.45, 7) is 2.97. The summed E-state index contributed by atoms with van der Waals surface area (Å²) in [4.78, 5) is 17.5. The molecule has 106 valence electrons. The van der Waals surface area contributed by atoms with Crippen LogP contribution in [0.2, 0.25) is 0 Å². The van der Waals surface area contributed by atoms with Crippen LogP contribution in [0.4, 0.5) is 5.95 Å². The van der Waals surface area contributed by atoms with Crippen molar-refractivity contribution < 1.29 is 0 Å². The Labute approximate surface area is 127 Å². The highest BCUT2D eigenvalue weighted by molar-refractivity contribution is 7.99. The molecule has 0 saturated carbocycles. The number of hydrogen-bond donors (Lipinski definition) is 1. The summed E-state index contributed by atoms with van der Waals surface area (Å²) < 4.78 is 0. The van der Waals surface area contributed by atoms with E-state index in [1.165, 1.54) is 11.8 Å². The molecule has 0 aliphatic rings. The summed E-state index contributed by atoms with van der Waals surface area (Å²) in [5, 5.41) is 5.98. The molecule has 1 aromatic carbocycles. The second-order valence-corrected chi connectivity index (χ2v) is 5.45. The Hall–Kier alpha value is -2.21. The summed E-state index contributed by atoms with van der Waals surface area (Å²) in [5.41, 5.74) is 0.928. The van der Waals surface area contributed by atoms with Crippen molar-refractivity contribution in [2.75, 3.05) is 11.9 Å². The number of aromatic nitrogens is 4. The van der Waals surface area contributed by atoms with Crippen LogP contribution in [0.5, 0.6) is 0 Å². The maximum absolute atomic E-state index is 4.61. The van der Waals surface area contributed by atoms with Crippen LogP contribution < -0.4 is 5.32 Å². The van der Waals surface area contributed by atoms with E-state index in [0.717, 1.165) is 33.9 Å². The minimum atomic E-state index is 0.655. The molecule has 0 aliphatic carbocycles. The lowest BCUT2D eigenvalue weighted by Crippen LogP contribution is -2.05. The van der Waals surface area contributed by atoms with E-state index < -0.39 is 0 Å². The van der Waals surface area contributed by atoms with E-state index in [0.29, 0.717) is 5.95 Å². The molecule has 3 aromatic rings. The Morgan fingerprint density at radius 3 is 2.86 bits per heavy atom. The fourth-order valence-electron chi connectivity index (χ4n) is 1.88. The van der Waals surface area contributed by atoms with Crippen LogP contribution in [0.15, 0.2) is 52.9 Å². The normalized spacial score (nSPS) is 10.7. The number of para-hydroxylation sites is 1. The van der Waals surface area contributed by atoms with E-state index in [4.69, 9.17) is 0 Å². The average Bonchev–Trinajstić information content (AvgIpc) is 2.54. The first-order valence-electron chi connectivity index (χ1n) is 6.81. The van der Waals surface area contributed by atoms with E-state index in [-0.39, 0.29) is 0 Å². The highest BCUT2D eigenvalue weighted by Gasteiger charge is 2.09. The predicted molar refractivity (Wildman–Crippen MR) is 84.5 cm³/mol. The van der Waals surface area contributed by atoms with E-state index >= 15 is 0 Å². The molecule has 0 amide bonds. The molecular formula is C15H15N5S. The Bertz CT molecular complexity index is 732. The summed E-state index contributed by atoms with van der Waals surface area (Å²) in [6.07, 6.45) is 6.11. The van der Waals surface area contributed by atoms with Crippen molar-refractivity contribution in [3.63, 3.8) is 0 Å². The standard InChI is InChI=1S/C15H15N5S/c1-2-7-18-15-19-12-6-4-3-5-11(12)14(20-15)21-13-10-16-8-9-17-13/h3-6,8-10H,2,7H2,1H3,(H,18,19,20). The van der Waals surface area contributed by atoms with Crippen molar-refractivity contribution in [3.8, 4) is 0 Å². The fourth-order valence-corrected chi connectivity index (χ4v) is 2.72. The number of anilines is 1. The number of fused-ring (bicyclic) bond motifs is 1. The van der Waals surface area contributed by atoms with Crippen molar-refractivity contribution in [3.05, 3.63) is 42.9 Å². The Balaban J connectivity index is 2.02. The Morgan fingerprint density at radius 1 is 1.14 bits per heavy atom. The molecule has 3 rings (SSSR count). The van der Waals surface area contributed by atoms with Crippen LogP contribution >= 0.6 is 11.8 Å². The number of benzene rings is 1. The molecule has 6 heteroatoms. The third-order valence-electron chi connectivity index (χ3n) is 2.84. The lowest BCUT2D eigenvalue weighted by Gasteiger charge is -2.08. The van der Waals surface area contributed by atoms with Crippen molar-refractivity contribution >= 4 is 28.6 Å². The number of hydrogen-bond acceptors (Lipinski definition) is 6. The van der Waals surface area contributed by atoms with E-state index in [2.05, 4.69) is 32.2 Å². The molecule has 2 heterocycles. The first-order chi connectivity index (χ1) is 10.4. The zero-order valence-corrected chi connectivity index (χ0v) is 12.5. The monoisotopic (exact) mass is 297 g/mol. The zero-order chi connectivity index (χ0) is 14.5. The molecule has 0 bridgehead atoms. The molecule has 21 heavy (non-hydrogen) atoms. The first kappa shape index (κ1) is 13.8. The third kappa shape index (κ3) is 3.28. The van der Waals surface area contributed by atoms with Crippen molar-refractivity contribution in [2.45, 2.75) is 23.4 Å². The lowest BCUT2D eigenvalue weighted by molar-refractivity contribution is 0.944. The molecule has 0 saturated heterocycles. The van der Waals surface area contributed by atoms with Gasteiger partial charge in [-0.25, -0.2) is 15.0 Å². The summed E-state index contributed by atoms with van der Waals surface area (Å²) in [7, 11) is 0. The average molecular weight is 297 g/mol. The second kappa shape index (κ2) is 6.49. The molecule has 0 radical (unpaired) electrons. The summed E-state index contributed by atoms with van der Waals surface area (Å²) in [5.74, 6) is 0.655. The van der Waals surface area contributed by atoms with E-state index in [1.807, 2.05) is 24.3 Å². The lowest BCUT2D eigenvalue weighted by atomic mass is 10.2. The largest absolute Gasteiger partial charge is 0.354 e. The van der Waals surface area contributed by atoms with E-state index in [1.54, 1.807) is 18.6 Å². The molecule has 1 N–H and O–H groups in total. The highest BCUT2D eigenvalue weighted by atomic mass is 32.2. The molecule has 0 fully saturated rings. The molecule has 2 aromatic heterocycles. The van der Waals surface area contributed by atoms with Crippen molar-refractivity contribution in [2.24, 2.45) is 0 Å². The van der Waals surface area contributed by atoms with Crippen LogP contribution in [-0.2, 0) is 0 Å².